The van der Waals surface area contributed by atoms with Crippen LogP contribution in [-0.2, 0) is 4.79 Å². The summed E-state index contributed by atoms with van der Waals surface area (Å²) in [7, 11) is 0. The molecule has 0 radical (unpaired) electrons. The van der Waals surface area contributed by atoms with Crippen molar-refractivity contribution in [2.24, 2.45) is 4.99 Å². The molecule has 1 aliphatic rings. The Bertz CT molecular complexity index is 230. The number of carbonyl (C=O) groups excluding carboxylic acids is 1. The van der Waals surface area contributed by atoms with Crippen LogP contribution in [0.5, 0.6) is 0 Å². The molecule has 4 nitrogen and oxygen atoms in total. The lowest BCUT2D eigenvalue weighted by atomic mass is 10.3. The number of nitrogens with zero attached hydrogens (tertiary/aromatic N) is 1. The summed E-state index contributed by atoms with van der Waals surface area (Å²) >= 11 is 1.80. The van der Waals surface area contributed by atoms with Gasteiger partial charge in [-0.1, -0.05) is 18.7 Å². The van der Waals surface area contributed by atoms with Gasteiger partial charge in [-0.15, -0.1) is 0 Å². The van der Waals surface area contributed by atoms with Crippen LogP contribution in [0, 0.1) is 0 Å². The molecule has 1 heterocycles. The van der Waals surface area contributed by atoms with Crippen molar-refractivity contribution in [1.29, 1.82) is 0 Å². The molecule has 0 fully saturated rings. The highest BCUT2D eigenvalue weighted by atomic mass is 32.2. The summed E-state index contributed by atoms with van der Waals surface area (Å²) in [5, 5.41) is 7.58. The topological polar surface area (TPSA) is 53.5 Å². The molecule has 80 valence electrons. The van der Waals surface area contributed by atoms with Crippen LogP contribution < -0.4 is 10.6 Å². The number of rotatable bonds is 4. The van der Waals surface area contributed by atoms with Gasteiger partial charge in [0.15, 0.2) is 5.17 Å². The molecule has 14 heavy (non-hydrogen) atoms. The Morgan fingerprint density at radius 2 is 2.43 bits per heavy atom. The molecule has 0 aliphatic carbocycles. The average molecular weight is 215 g/mol. The zero-order valence-electron chi connectivity index (χ0n) is 8.67. The van der Waals surface area contributed by atoms with Crippen molar-refractivity contribution >= 4 is 22.8 Å². The molecule has 1 atom stereocenters. The Balaban J connectivity index is 2.05. The van der Waals surface area contributed by atoms with Crippen molar-refractivity contribution in [2.45, 2.75) is 25.5 Å². The predicted octanol–water partition coefficient (Wildman–Crippen LogP) is 0.594. The Morgan fingerprint density at radius 3 is 3.00 bits per heavy atom. The quantitative estimate of drug-likeness (QED) is 0.675. The van der Waals surface area contributed by atoms with Crippen LogP contribution >= 0.6 is 11.8 Å². The number of hydrogen-bond donors (Lipinski definition) is 2. The Kier molecular flexibility index (Phi) is 4.79. The highest BCUT2D eigenvalue weighted by Crippen LogP contribution is 2.21. The number of hydrogen-bond acceptors (Lipinski definition) is 4. The summed E-state index contributed by atoms with van der Waals surface area (Å²) in [5.74, 6) is 0.0132. The van der Waals surface area contributed by atoms with E-state index in [0.717, 1.165) is 24.7 Å². The van der Waals surface area contributed by atoms with Gasteiger partial charge in [-0.25, -0.2) is 0 Å². The van der Waals surface area contributed by atoms with Crippen LogP contribution in [0.4, 0.5) is 0 Å². The fraction of sp³-hybridized carbons (Fsp3) is 0.778. The van der Waals surface area contributed by atoms with Crippen molar-refractivity contribution in [3.63, 3.8) is 0 Å². The summed E-state index contributed by atoms with van der Waals surface area (Å²) in [6, 6.07) is 0. The van der Waals surface area contributed by atoms with Crippen LogP contribution in [-0.4, -0.2) is 36.0 Å². The second-order valence-electron chi connectivity index (χ2n) is 3.20. The predicted molar refractivity (Wildman–Crippen MR) is 60.7 cm³/mol. The Hall–Kier alpha value is -0.710. The van der Waals surface area contributed by atoms with E-state index in [-0.39, 0.29) is 5.91 Å². The maximum atomic E-state index is 10.6. The number of amides is 1. The highest BCUT2D eigenvalue weighted by molar-refractivity contribution is 8.14. The van der Waals surface area contributed by atoms with E-state index in [1.807, 2.05) is 0 Å². The molecule has 0 aromatic carbocycles. The zero-order valence-corrected chi connectivity index (χ0v) is 9.49. The molecule has 2 N–H and O–H groups in total. The van der Waals surface area contributed by atoms with E-state index in [1.165, 1.54) is 6.92 Å². The van der Waals surface area contributed by atoms with E-state index in [4.69, 9.17) is 0 Å². The van der Waals surface area contributed by atoms with E-state index in [9.17, 15) is 4.79 Å². The van der Waals surface area contributed by atoms with Crippen LogP contribution in [0.3, 0.4) is 0 Å². The molecular formula is C9H17N3OS. The molecule has 5 heteroatoms. The van der Waals surface area contributed by atoms with Gasteiger partial charge in [0.25, 0.3) is 0 Å². The number of amidine groups is 1. The zero-order chi connectivity index (χ0) is 10.4. The SMILES string of the molecule is CCC1CN=C(NCCNC(C)=O)S1. The molecule has 1 rings (SSSR count). The van der Waals surface area contributed by atoms with Gasteiger partial charge in [0, 0.05) is 25.3 Å². The fourth-order valence-corrected chi connectivity index (χ4v) is 2.10. The fourth-order valence-electron chi connectivity index (χ4n) is 1.14. The van der Waals surface area contributed by atoms with Crippen LogP contribution in [0.1, 0.15) is 20.3 Å². The molecule has 0 saturated heterocycles. The molecule has 0 aromatic heterocycles. The first-order valence-electron chi connectivity index (χ1n) is 4.91. The van der Waals surface area contributed by atoms with E-state index in [1.54, 1.807) is 11.8 Å². The smallest absolute Gasteiger partial charge is 0.216 e. The third-order valence-electron chi connectivity index (χ3n) is 1.95. The van der Waals surface area contributed by atoms with Gasteiger partial charge in [-0.05, 0) is 6.42 Å². The Labute approximate surface area is 88.9 Å². The summed E-state index contributed by atoms with van der Waals surface area (Å²) in [5.41, 5.74) is 0. The lowest BCUT2D eigenvalue weighted by Crippen LogP contribution is -2.32. The van der Waals surface area contributed by atoms with Gasteiger partial charge < -0.3 is 10.6 Å². The van der Waals surface area contributed by atoms with Crippen molar-refractivity contribution in [3.05, 3.63) is 0 Å². The van der Waals surface area contributed by atoms with Crippen molar-refractivity contribution in [2.75, 3.05) is 19.6 Å². The van der Waals surface area contributed by atoms with Gasteiger partial charge >= 0.3 is 0 Å². The van der Waals surface area contributed by atoms with E-state index in [2.05, 4.69) is 22.5 Å². The molecule has 0 aromatic rings. The maximum Gasteiger partial charge on any atom is 0.216 e. The summed E-state index contributed by atoms with van der Waals surface area (Å²) in [6.07, 6.45) is 1.16. The van der Waals surface area contributed by atoms with Gasteiger partial charge in [-0.2, -0.15) is 0 Å². The number of thioether (sulfide) groups is 1. The first-order chi connectivity index (χ1) is 6.72. The molecule has 0 saturated carbocycles. The second-order valence-corrected chi connectivity index (χ2v) is 4.49. The Morgan fingerprint density at radius 1 is 1.64 bits per heavy atom. The van der Waals surface area contributed by atoms with Gasteiger partial charge in [-0.3, -0.25) is 9.79 Å². The summed E-state index contributed by atoms with van der Waals surface area (Å²) < 4.78 is 0. The molecule has 1 unspecified atom stereocenters. The summed E-state index contributed by atoms with van der Waals surface area (Å²) in [4.78, 5) is 14.9. The normalized spacial score (nSPS) is 20.4. The largest absolute Gasteiger partial charge is 0.363 e. The molecule has 1 amide bonds. The minimum Gasteiger partial charge on any atom is -0.363 e. The van der Waals surface area contributed by atoms with Crippen LogP contribution in [0.25, 0.3) is 0 Å². The minimum atomic E-state index is 0.0132. The van der Waals surface area contributed by atoms with Crippen molar-refractivity contribution in [1.82, 2.24) is 10.6 Å². The first kappa shape index (κ1) is 11.4. The van der Waals surface area contributed by atoms with Gasteiger partial charge in [0.2, 0.25) is 5.91 Å². The van der Waals surface area contributed by atoms with Gasteiger partial charge in [0.05, 0.1) is 6.54 Å². The van der Waals surface area contributed by atoms with Crippen LogP contribution in [0.2, 0.25) is 0 Å². The minimum absolute atomic E-state index is 0.0132. The van der Waals surface area contributed by atoms with Crippen molar-refractivity contribution < 1.29 is 4.79 Å². The lowest BCUT2D eigenvalue weighted by molar-refractivity contribution is -0.118. The molecule has 0 spiro atoms. The summed E-state index contributed by atoms with van der Waals surface area (Å²) in [6.45, 7) is 6.03. The van der Waals surface area contributed by atoms with Gasteiger partial charge in [0.1, 0.15) is 0 Å². The number of carbonyl (C=O) groups is 1. The molecule has 1 aliphatic heterocycles. The van der Waals surface area contributed by atoms with E-state index < -0.39 is 0 Å². The van der Waals surface area contributed by atoms with Crippen molar-refractivity contribution in [3.8, 4) is 0 Å². The molecular weight excluding hydrogens is 198 g/mol. The molecule has 0 bridgehead atoms. The highest BCUT2D eigenvalue weighted by Gasteiger charge is 2.16. The third-order valence-corrected chi connectivity index (χ3v) is 3.26. The lowest BCUT2D eigenvalue weighted by Gasteiger charge is -2.06. The van der Waals surface area contributed by atoms with E-state index >= 15 is 0 Å². The third kappa shape index (κ3) is 4.00. The van der Waals surface area contributed by atoms with Crippen LogP contribution in [0.15, 0.2) is 4.99 Å². The monoisotopic (exact) mass is 215 g/mol. The standard InChI is InChI=1S/C9H17N3OS/c1-3-8-6-12-9(14-8)11-5-4-10-7(2)13/h8H,3-6H2,1-2H3,(H,10,13)(H,11,12). The van der Waals surface area contributed by atoms with E-state index in [0.29, 0.717) is 11.8 Å². The number of aliphatic imine (C=N–C) groups is 1. The maximum absolute atomic E-state index is 10.6. The second kappa shape index (κ2) is 5.90. The first-order valence-corrected chi connectivity index (χ1v) is 5.79. The number of nitrogens with one attached hydrogen (secondary N) is 2. The average Bonchev–Trinajstić information content (AvgIpc) is 2.60.